The zero-order valence-corrected chi connectivity index (χ0v) is 19.3. The summed E-state index contributed by atoms with van der Waals surface area (Å²) < 4.78 is 11.3. The highest BCUT2D eigenvalue weighted by Crippen LogP contribution is 2.34. The minimum absolute atomic E-state index is 0.0369. The van der Waals surface area contributed by atoms with Crippen LogP contribution in [0.2, 0.25) is 0 Å². The number of phenols is 1. The normalized spacial score (nSPS) is 11.2. The SMILES string of the molecule is CCOc1cc([N+](=O)[O-])cc(C=Nc2ccc(-c3nc4cc(-c5ccccc5)ccc4o3)cc2)c1O. The molecule has 1 N–H and O–H groups in total. The number of phenolic OH excluding ortho intramolecular Hbond substituents is 1. The number of nitro groups is 1. The second-order valence-corrected chi connectivity index (χ2v) is 7.94. The second-order valence-electron chi connectivity index (χ2n) is 7.94. The molecule has 1 heterocycles. The van der Waals surface area contributed by atoms with Gasteiger partial charge in [-0.15, -0.1) is 0 Å². The average molecular weight is 479 g/mol. The van der Waals surface area contributed by atoms with E-state index >= 15 is 0 Å². The number of nitro benzene ring substituents is 1. The van der Waals surface area contributed by atoms with E-state index < -0.39 is 4.92 Å². The van der Waals surface area contributed by atoms with Crippen LogP contribution >= 0.6 is 0 Å². The van der Waals surface area contributed by atoms with E-state index in [2.05, 4.69) is 9.98 Å². The van der Waals surface area contributed by atoms with E-state index in [1.54, 1.807) is 19.1 Å². The number of benzene rings is 4. The van der Waals surface area contributed by atoms with E-state index in [1.165, 1.54) is 18.3 Å². The van der Waals surface area contributed by atoms with Crippen LogP contribution in [0.5, 0.6) is 11.5 Å². The van der Waals surface area contributed by atoms with Crippen molar-refractivity contribution < 1.29 is 19.2 Å². The van der Waals surface area contributed by atoms with Gasteiger partial charge in [-0.1, -0.05) is 36.4 Å². The van der Waals surface area contributed by atoms with Crippen LogP contribution in [-0.2, 0) is 0 Å². The van der Waals surface area contributed by atoms with Crippen molar-refractivity contribution >= 4 is 28.7 Å². The maximum atomic E-state index is 11.2. The third-order valence-electron chi connectivity index (χ3n) is 5.56. The van der Waals surface area contributed by atoms with Crippen molar-refractivity contribution in [3.05, 3.63) is 101 Å². The standard InChI is InChI=1S/C28H21N3O5/c1-2-35-26-16-23(31(33)34)14-21(27(26)32)17-29-22-11-8-19(9-12-22)28-30-24-15-20(10-13-25(24)36-28)18-6-4-3-5-7-18/h3-17,32H,2H2,1H3. The molecule has 4 aromatic carbocycles. The Labute approximate surface area is 206 Å². The highest BCUT2D eigenvalue weighted by Gasteiger charge is 2.16. The van der Waals surface area contributed by atoms with Gasteiger partial charge in [-0.05, 0) is 54.4 Å². The number of hydrogen-bond donors (Lipinski definition) is 1. The molecule has 0 aliphatic rings. The number of oxazole rings is 1. The number of ether oxygens (including phenoxy) is 1. The molecular weight excluding hydrogens is 458 g/mol. The predicted octanol–water partition coefficient (Wildman–Crippen LogP) is 6.92. The topological polar surface area (TPSA) is 111 Å². The lowest BCUT2D eigenvalue weighted by atomic mass is 10.1. The average Bonchev–Trinajstić information content (AvgIpc) is 3.33. The Balaban J connectivity index is 1.39. The molecule has 0 aliphatic carbocycles. The third kappa shape index (κ3) is 4.65. The van der Waals surface area contributed by atoms with Gasteiger partial charge in [0.1, 0.15) is 5.52 Å². The predicted molar refractivity (Wildman–Crippen MR) is 138 cm³/mol. The van der Waals surface area contributed by atoms with Crippen molar-refractivity contribution in [2.24, 2.45) is 4.99 Å². The lowest BCUT2D eigenvalue weighted by Gasteiger charge is -2.07. The number of aromatic nitrogens is 1. The Bertz CT molecular complexity index is 1570. The molecule has 0 unspecified atom stereocenters. The lowest BCUT2D eigenvalue weighted by Crippen LogP contribution is -1.97. The van der Waals surface area contributed by atoms with Crippen molar-refractivity contribution in [3.8, 4) is 34.1 Å². The summed E-state index contributed by atoms with van der Waals surface area (Å²) in [7, 11) is 0. The van der Waals surface area contributed by atoms with Crippen molar-refractivity contribution in [3.63, 3.8) is 0 Å². The highest BCUT2D eigenvalue weighted by atomic mass is 16.6. The van der Waals surface area contributed by atoms with E-state index in [1.807, 2.05) is 60.7 Å². The van der Waals surface area contributed by atoms with Crippen LogP contribution < -0.4 is 4.74 Å². The lowest BCUT2D eigenvalue weighted by molar-refractivity contribution is -0.385. The van der Waals surface area contributed by atoms with Crippen molar-refractivity contribution in [2.75, 3.05) is 6.61 Å². The molecule has 5 aromatic rings. The number of nitrogens with zero attached hydrogens (tertiary/aromatic N) is 3. The fourth-order valence-corrected chi connectivity index (χ4v) is 3.78. The van der Waals surface area contributed by atoms with Crippen LogP contribution in [0.3, 0.4) is 0 Å². The monoisotopic (exact) mass is 479 g/mol. The van der Waals surface area contributed by atoms with Gasteiger partial charge < -0.3 is 14.3 Å². The summed E-state index contributed by atoms with van der Waals surface area (Å²) in [4.78, 5) is 19.7. The molecule has 0 saturated heterocycles. The third-order valence-corrected chi connectivity index (χ3v) is 5.56. The number of aliphatic imine (C=N–C) groups is 1. The molecule has 0 fully saturated rings. The Morgan fingerprint density at radius 1 is 1.00 bits per heavy atom. The first-order valence-corrected chi connectivity index (χ1v) is 11.3. The minimum atomic E-state index is -0.544. The van der Waals surface area contributed by atoms with Gasteiger partial charge in [0.15, 0.2) is 17.1 Å². The van der Waals surface area contributed by atoms with Crippen LogP contribution in [-0.4, -0.2) is 27.8 Å². The van der Waals surface area contributed by atoms with Gasteiger partial charge in [0.2, 0.25) is 5.89 Å². The van der Waals surface area contributed by atoms with Gasteiger partial charge in [-0.3, -0.25) is 15.1 Å². The molecule has 0 atom stereocenters. The minimum Gasteiger partial charge on any atom is -0.504 e. The maximum Gasteiger partial charge on any atom is 0.274 e. The number of aromatic hydroxyl groups is 1. The largest absolute Gasteiger partial charge is 0.504 e. The summed E-state index contributed by atoms with van der Waals surface area (Å²) in [5, 5.41) is 21.6. The number of fused-ring (bicyclic) bond motifs is 1. The molecule has 0 amide bonds. The fourth-order valence-electron chi connectivity index (χ4n) is 3.78. The van der Waals surface area contributed by atoms with Crippen molar-refractivity contribution in [2.45, 2.75) is 6.92 Å². The van der Waals surface area contributed by atoms with Gasteiger partial charge in [-0.2, -0.15) is 0 Å². The zero-order chi connectivity index (χ0) is 25.1. The van der Waals surface area contributed by atoms with Crippen LogP contribution in [0.15, 0.2) is 94.3 Å². The quantitative estimate of drug-likeness (QED) is 0.154. The fraction of sp³-hybridized carbons (Fsp3) is 0.0714. The summed E-state index contributed by atoms with van der Waals surface area (Å²) in [6.45, 7) is 1.99. The van der Waals surface area contributed by atoms with Crippen LogP contribution in [0.4, 0.5) is 11.4 Å². The molecular formula is C28H21N3O5. The highest BCUT2D eigenvalue weighted by molar-refractivity contribution is 5.88. The van der Waals surface area contributed by atoms with E-state index in [0.29, 0.717) is 17.2 Å². The summed E-state index contributed by atoms with van der Waals surface area (Å²) in [6, 6.07) is 25.6. The van der Waals surface area contributed by atoms with E-state index in [0.717, 1.165) is 22.2 Å². The Morgan fingerprint density at radius 2 is 1.75 bits per heavy atom. The van der Waals surface area contributed by atoms with E-state index in [9.17, 15) is 15.2 Å². The first kappa shape index (κ1) is 22.8. The molecule has 8 heteroatoms. The van der Waals surface area contributed by atoms with Gasteiger partial charge in [-0.25, -0.2) is 4.98 Å². The summed E-state index contributed by atoms with van der Waals surface area (Å²) in [5.41, 5.74) is 4.98. The Kier molecular flexibility index (Phi) is 6.15. The second kappa shape index (κ2) is 9.71. The molecule has 5 rings (SSSR count). The molecule has 36 heavy (non-hydrogen) atoms. The Morgan fingerprint density at radius 3 is 2.47 bits per heavy atom. The van der Waals surface area contributed by atoms with Gasteiger partial charge in [0, 0.05) is 23.4 Å². The number of non-ortho nitro benzene ring substituents is 1. The van der Waals surface area contributed by atoms with E-state index in [-0.39, 0.29) is 29.4 Å². The summed E-state index contributed by atoms with van der Waals surface area (Å²) in [6.07, 6.45) is 1.37. The van der Waals surface area contributed by atoms with Crippen LogP contribution in [0.25, 0.3) is 33.7 Å². The molecule has 0 saturated carbocycles. The Hall–Kier alpha value is -4.98. The smallest absolute Gasteiger partial charge is 0.274 e. The van der Waals surface area contributed by atoms with Gasteiger partial charge in [0.25, 0.3) is 5.69 Å². The van der Waals surface area contributed by atoms with Crippen molar-refractivity contribution in [1.82, 2.24) is 4.98 Å². The summed E-state index contributed by atoms with van der Waals surface area (Å²) >= 11 is 0. The molecule has 178 valence electrons. The molecule has 1 aromatic heterocycles. The first-order chi connectivity index (χ1) is 17.5. The van der Waals surface area contributed by atoms with Crippen molar-refractivity contribution in [1.29, 1.82) is 0 Å². The summed E-state index contributed by atoms with van der Waals surface area (Å²) in [5.74, 6) is 0.322. The van der Waals surface area contributed by atoms with E-state index in [4.69, 9.17) is 9.15 Å². The first-order valence-electron chi connectivity index (χ1n) is 11.3. The zero-order valence-electron chi connectivity index (χ0n) is 19.3. The molecule has 0 radical (unpaired) electrons. The molecule has 0 spiro atoms. The molecule has 8 nitrogen and oxygen atoms in total. The van der Waals surface area contributed by atoms with Crippen LogP contribution in [0.1, 0.15) is 12.5 Å². The molecule has 0 bridgehead atoms. The van der Waals surface area contributed by atoms with Gasteiger partial charge in [0.05, 0.1) is 23.3 Å². The number of rotatable bonds is 7. The number of hydrogen-bond acceptors (Lipinski definition) is 7. The van der Waals surface area contributed by atoms with Gasteiger partial charge >= 0.3 is 0 Å². The maximum absolute atomic E-state index is 11.2. The van der Waals surface area contributed by atoms with Crippen LogP contribution in [0, 0.1) is 10.1 Å². The molecule has 0 aliphatic heterocycles.